The number of hydrogen-bond acceptors (Lipinski definition) is 1. The minimum Gasteiger partial charge on any atom is -0.495 e. The fourth-order valence-electron chi connectivity index (χ4n) is 1.98. The van der Waals surface area contributed by atoms with Crippen LogP contribution in [-0.4, -0.2) is 7.11 Å². The van der Waals surface area contributed by atoms with E-state index in [1.807, 2.05) is 12.1 Å². The largest absolute Gasteiger partial charge is 0.495 e. The fraction of sp³-hybridized carbons (Fsp3) is 0.538. The van der Waals surface area contributed by atoms with Gasteiger partial charge in [-0.3, -0.25) is 0 Å². The van der Waals surface area contributed by atoms with Crippen LogP contribution in [0.5, 0.6) is 5.75 Å². The summed E-state index contributed by atoms with van der Waals surface area (Å²) >= 11 is 12.5. The van der Waals surface area contributed by atoms with Gasteiger partial charge in [-0.1, -0.05) is 43.5 Å². The first-order chi connectivity index (χ1) is 7.65. The molecule has 0 saturated carbocycles. The zero-order valence-corrected chi connectivity index (χ0v) is 11.5. The Balaban J connectivity index is 3.18. The van der Waals surface area contributed by atoms with Crippen molar-refractivity contribution < 1.29 is 4.74 Å². The molecule has 1 unspecified atom stereocenters. The maximum absolute atomic E-state index is 6.31. The summed E-state index contributed by atoms with van der Waals surface area (Å²) < 4.78 is 5.22. The number of halogens is 2. The molecule has 0 aromatic heterocycles. The highest BCUT2D eigenvalue weighted by atomic mass is 35.5. The van der Waals surface area contributed by atoms with Gasteiger partial charge < -0.3 is 4.74 Å². The first-order valence-corrected chi connectivity index (χ1v) is 6.43. The minimum absolute atomic E-state index is 0.417. The molecular formula is C13H18Cl2O. The summed E-state index contributed by atoms with van der Waals surface area (Å²) in [4.78, 5) is 0. The molecule has 0 amide bonds. The molecule has 0 radical (unpaired) electrons. The predicted molar refractivity (Wildman–Crippen MR) is 71.0 cm³/mol. The first-order valence-electron chi connectivity index (χ1n) is 5.67. The van der Waals surface area contributed by atoms with Crippen molar-refractivity contribution in [2.45, 2.75) is 39.0 Å². The maximum Gasteiger partial charge on any atom is 0.137 e. The average molecular weight is 261 g/mol. The van der Waals surface area contributed by atoms with Gasteiger partial charge in [-0.05, 0) is 36.5 Å². The van der Waals surface area contributed by atoms with Gasteiger partial charge in [0.2, 0.25) is 0 Å². The van der Waals surface area contributed by atoms with Gasteiger partial charge in [-0.25, -0.2) is 0 Å². The molecule has 0 aliphatic rings. The molecule has 1 rings (SSSR count). The molecule has 1 atom stereocenters. The third-order valence-corrected chi connectivity index (χ3v) is 3.57. The summed E-state index contributed by atoms with van der Waals surface area (Å²) in [5.41, 5.74) is 1.03. The maximum atomic E-state index is 6.31. The topological polar surface area (TPSA) is 9.23 Å². The van der Waals surface area contributed by atoms with Crippen LogP contribution < -0.4 is 4.74 Å². The van der Waals surface area contributed by atoms with E-state index in [0.29, 0.717) is 16.7 Å². The van der Waals surface area contributed by atoms with E-state index < -0.39 is 0 Å². The van der Waals surface area contributed by atoms with Gasteiger partial charge >= 0.3 is 0 Å². The highest BCUT2D eigenvalue weighted by Crippen LogP contribution is 2.40. The molecule has 0 N–H and O–H groups in total. The van der Waals surface area contributed by atoms with Gasteiger partial charge in [-0.2, -0.15) is 0 Å². The van der Waals surface area contributed by atoms with Crippen LogP contribution in [0.4, 0.5) is 0 Å². The lowest BCUT2D eigenvalue weighted by Gasteiger charge is -2.19. The Kier molecular flexibility index (Phi) is 5.43. The summed E-state index contributed by atoms with van der Waals surface area (Å²) in [5.74, 6) is 1.12. The lowest BCUT2D eigenvalue weighted by Crippen LogP contribution is -2.00. The van der Waals surface area contributed by atoms with E-state index in [1.165, 1.54) is 0 Å². The van der Waals surface area contributed by atoms with Crippen molar-refractivity contribution in [3.8, 4) is 5.75 Å². The lowest BCUT2D eigenvalue weighted by atomic mass is 9.92. The number of rotatable bonds is 5. The molecule has 0 heterocycles. The van der Waals surface area contributed by atoms with Gasteiger partial charge in [-0.15, -0.1) is 0 Å². The van der Waals surface area contributed by atoms with E-state index in [-0.39, 0.29) is 0 Å². The molecule has 0 spiro atoms. The van der Waals surface area contributed by atoms with Crippen molar-refractivity contribution in [1.29, 1.82) is 0 Å². The monoisotopic (exact) mass is 260 g/mol. The van der Waals surface area contributed by atoms with Gasteiger partial charge in [0, 0.05) is 5.02 Å². The normalized spacial score (nSPS) is 12.6. The highest BCUT2D eigenvalue weighted by molar-refractivity contribution is 6.37. The second-order valence-electron chi connectivity index (χ2n) is 3.87. The molecule has 0 fully saturated rings. The number of hydrogen-bond donors (Lipinski definition) is 0. The van der Waals surface area contributed by atoms with E-state index in [9.17, 15) is 0 Å². The third kappa shape index (κ3) is 2.83. The Morgan fingerprint density at radius 3 is 2.44 bits per heavy atom. The summed E-state index contributed by atoms with van der Waals surface area (Å²) in [6.07, 6.45) is 3.27. The van der Waals surface area contributed by atoms with Crippen molar-refractivity contribution in [2.24, 2.45) is 0 Å². The zero-order valence-electron chi connectivity index (χ0n) is 10.0. The fourth-order valence-corrected chi connectivity index (χ4v) is 2.74. The van der Waals surface area contributed by atoms with Crippen molar-refractivity contribution in [2.75, 3.05) is 7.11 Å². The molecule has 16 heavy (non-hydrogen) atoms. The van der Waals surface area contributed by atoms with Crippen LogP contribution in [0.25, 0.3) is 0 Å². The summed E-state index contributed by atoms with van der Waals surface area (Å²) in [5, 5.41) is 1.40. The highest BCUT2D eigenvalue weighted by Gasteiger charge is 2.18. The average Bonchev–Trinajstić information content (AvgIpc) is 2.28. The van der Waals surface area contributed by atoms with Crippen LogP contribution in [-0.2, 0) is 0 Å². The molecular weight excluding hydrogens is 243 g/mol. The molecule has 0 aliphatic carbocycles. The van der Waals surface area contributed by atoms with E-state index in [4.69, 9.17) is 27.9 Å². The van der Waals surface area contributed by atoms with Crippen LogP contribution >= 0.6 is 23.2 Å². The van der Waals surface area contributed by atoms with Crippen LogP contribution in [0.3, 0.4) is 0 Å². The standard InChI is InChI=1S/C13H18Cl2O/c1-4-6-9(5-2)12-10(14)7-8-11(16-3)13(12)15/h7-9H,4-6H2,1-3H3. The summed E-state index contributed by atoms with van der Waals surface area (Å²) in [6, 6.07) is 3.67. The third-order valence-electron chi connectivity index (χ3n) is 2.85. The Bertz CT molecular complexity index is 350. The molecule has 1 aromatic rings. The minimum atomic E-state index is 0.417. The molecule has 0 bridgehead atoms. The van der Waals surface area contributed by atoms with Gasteiger partial charge in [0.25, 0.3) is 0 Å². The second kappa shape index (κ2) is 6.36. The Morgan fingerprint density at radius 2 is 1.94 bits per heavy atom. The van der Waals surface area contributed by atoms with Crippen LogP contribution in [0.2, 0.25) is 10.0 Å². The smallest absolute Gasteiger partial charge is 0.137 e. The quantitative estimate of drug-likeness (QED) is 0.699. The molecule has 90 valence electrons. The number of methoxy groups -OCH3 is 1. The molecule has 0 saturated heterocycles. The SMILES string of the molecule is CCCC(CC)c1c(Cl)ccc(OC)c1Cl. The molecule has 1 aromatic carbocycles. The molecule has 0 aliphatic heterocycles. The van der Waals surface area contributed by atoms with Gasteiger partial charge in [0.15, 0.2) is 0 Å². The summed E-state index contributed by atoms with van der Waals surface area (Å²) in [7, 11) is 1.62. The van der Waals surface area contributed by atoms with Crippen molar-refractivity contribution >= 4 is 23.2 Å². The Morgan fingerprint density at radius 1 is 1.25 bits per heavy atom. The van der Waals surface area contributed by atoms with Crippen molar-refractivity contribution in [1.82, 2.24) is 0 Å². The number of benzene rings is 1. The van der Waals surface area contributed by atoms with Crippen LogP contribution in [0.1, 0.15) is 44.6 Å². The van der Waals surface area contributed by atoms with Gasteiger partial charge in [0.05, 0.1) is 12.1 Å². The van der Waals surface area contributed by atoms with E-state index >= 15 is 0 Å². The molecule has 3 heteroatoms. The Hall–Kier alpha value is -0.400. The van der Waals surface area contributed by atoms with Crippen molar-refractivity contribution in [3.05, 3.63) is 27.7 Å². The second-order valence-corrected chi connectivity index (χ2v) is 4.66. The van der Waals surface area contributed by atoms with Crippen molar-refractivity contribution in [3.63, 3.8) is 0 Å². The zero-order chi connectivity index (χ0) is 12.1. The lowest BCUT2D eigenvalue weighted by molar-refractivity contribution is 0.413. The van der Waals surface area contributed by atoms with E-state index in [0.717, 1.165) is 29.8 Å². The van der Waals surface area contributed by atoms with E-state index in [2.05, 4.69) is 13.8 Å². The predicted octanol–water partition coefficient (Wildman–Crippen LogP) is 5.30. The number of ether oxygens (including phenoxy) is 1. The van der Waals surface area contributed by atoms with E-state index in [1.54, 1.807) is 7.11 Å². The first kappa shape index (κ1) is 13.7. The van der Waals surface area contributed by atoms with Crippen LogP contribution in [0, 0.1) is 0 Å². The Labute approximate surface area is 108 Å². The molecule has 1 nitrogen and oxygen atoms in total. The van der Waals surface area contributed by atoms with Crippen LogP contribution in [0.15, 0.2) is 12.1 Å². The van der Waals surface area contributed by atoms with Gasteiger partial charge in [0.1, 0.15) is 5.75 Å². The summed E-state index contributed by atoms with van der Waals surface area (Å²) in [6.45, 7) is 4.33.